The Balaban J connectivity index is 1.27. The van der Waals surface area contributed by atoms with E-state index in [9.17, 15) is 19.2 Å². The first kappa shape index (κ1) is 19.2. The summed E-state index contributed by atoms with van der Waals surface area (Å²) in [6.45, 7) is 2.55. The number of urea groups is 1. The molecule has 5 fully saturated rings. The van der Waals surface area contributed by atoms with Crippen LogP contribution in [0.5, 0.6) is 0 Å². The molecule has 4 bridgehead atoms. The third-order valence-electron chi connectivity index (χ3n) is 7.15. The lowest BCUT2D eigenvalue weighted by Crippen LogP contribution is -2.60. The highest BCUT2D eigenvalue weighted by Gasteiger charge is 2.51. The van der Waals surface area contributed by atoms with Gasteiger partial charge in [-0.05, 0) is 69.6 Å². The first-order chi connectivity index (χ1) is 13.2. The number of esters is 1. The molecule has 4 saturated carbocycles. The lowest BCUT2D eigenvalue weighted by molar-refractivity contribution is -0.152. The van der Waals surface area contributed by atoms with E-state index in [0.29, 0.717) is 24.2 Å². The molecule has 1 atom stereocenters. The van der Waals surface area contributed by atoms with E-state index in [1.807, 2.05) is 0 Å². The lowest BCUT2D eigenvalue weighted by Gasteiger charge is -2.56. The molecule has 0 unspecified atom stereocenters. The van der Waals surface area contributed by atoms with Crippen LogP contribution in [0.15, 0.2) is 0 Å². The second kappa shape index (κ2) is 6.74. The van der Waals surface area contributed by atoms with Gasteiger partial charge in [-0.2, -0.15) is 0 Å². The number of hydrogen-bond donors (Lipinski definition) is 2. The number of carbonyl (C=O) groups excluding carboxylic acids is 4. The molecule has 8 heteroatoms. The monoisotopic (exact) mass is 391 g/mol. The summed E-state index contributed by atoms with van der Waals surface area (Å²) in [5, 5.41) is 5.72. The first-order valence-electron chi connectivity index (χ1n) is 10.3. The van der Waals surface area contributed by atoms with Crippen molar-refractivity contribution in [3.05, 3.63) is 0 Å². The van der Waals surface area contributed by atoms with E-state index in [4.69, 9.17) is 4.74 Å². The highest BCUT2D eigenvalue weighted by atomic mass is 16.5. The molecule has 0 radical (unpaired) electrons. The minimum absolute atomic E-state index is 0.133. The van der Waals surface area contributed by atoms with Crippen LogP contribution in [0.1, 0.15) is 58.8 Å². The van der Waals surface area contributed by atoms with Crippen molar-refractivity contribution in [3.8, 4) is 0 Å². The van der Waals surface area contributed by atoms with Crippen LogP contribution < -0.4 is 10.6 Å². The summed E-state index contributed by atoms with van der Waals surface area (Å²) in [6, 6.07) is -0.607. The standard InChI is InChI=1S/C20H29N3O5/c1-3-19(2)17(26)23(18(27)22-19)10-16(25)28-11-15(24)21-20-7-12-4-13(8-20)6-14(5-12)9-20/h12-14H,3-11H2,1-2H3,(H,21,24)(H,22,27)/t12?,13?,14?,19-,20?/m0/s1. The van der Waals surface area contributed by atoms with E-state index in [-0.39, 0.29) is 18.1 Å². The molecule has 0 aromatic heterocycles. The SMILES string of the molecule is CC[C@]1(C)NC(=O)N(CC(=O)OCC(=O)NC23CC4CC(CC(C4)C2)C3)C1=O. The van der Waals surface area contributed by atoms with Crippen molar-refractivity contribution >= 4 is 23.8 Å². The van der Waals surface area contributed by atoms with E-state index in [0.717, 1.165) is 24.2 Å². The second-order valence-corrected chi connectivity index (χ2v) is 9.41. The number of carbonyl (C=O) groups is 4. The molecule has 4 aliphatic carbocycles. The predicted molar refractivity (Wildman–Crippen MR) is 98.9 cm³/mol. The van der Waals surface area contributed by atoms with Crippen molar-refractivity contribution in [1.82, 2.24) is 15.5 Å². The largest absolute Gasteiger partial charge is 0.454 e. The number of amides is 4. The number of hydrogen-bond acceptors (Lipinski definition) is 5. The normalized spacial score (nSPS) is 38.5. The van der Waals surface area contributed by atoms with Gasteiger partial charge < -0.3 is 15.4 Å². The molecule has 0 spiro atoms. The summed E-state index contributed by atoms with van der Waals surface area (Å²) in [6.07, 6.45) is 7.35. The van der Waals surface area contributed by atoms with Gasteiger partial charge in [0.1, 0.15) is 12.1 Å². The van der Waals surface area contributed by atoms with Gasteiger partial charge in [-0.3, -0.25) is 19.3 Å². The Kier molecular flexibility index (Phi) is 4.62. The Hall–Kier alpha value is -2.12. The summed E-state index contributed by atoms with van der Waals surface area (Å²) >= 11 is 0. The molecular weight excluding hydrogens is 362 g/mol. The highest BCUT2D eigenvalue weighted by molar-refractivity contribution is 6.08. The molecule has 2 N–H and O–H groups in total. The molecule has 154 valence electrons. The van der Waals surface area contributed by atoms with Crippen LogP contribution in [0.4, 0.5) is 4.79 Å². The van der Waals surface area contributed by atoms with Crippen LogP contribution in [0.2, 0.25) is 0 Å². The number of nitrogens with one attached hydrogen (secondary N) is 2. The fraction of sp³-hybridized carbons (Fsp3) is 0.800. The van der Waals surface area contributed by atoms with Gasteiger partial charge in [0.15, 0.2) is 6.61 Å². The summed E-state index contributed by atoms with van der Waals surface area (Å²) < 4.78 is 5.05. The van der Waals surface area contributed by atoms with Gasteiger partial charge >= 0.3 is 12.0 Å². The van der Waals surface area contributed by atoms with E-state index >= 15 is 0 Å². The van der Waals surface area contributed by atoms with Crippen molar-refractivity contribution in [1.29, 1.82) is 0 Å². The summed E-state index contributed by atoms with van der Waals surface area (Å²) in [5.74, 6) is 0.621. The average molecular weight is 391 g/mol. The Morgan fingerprint density at radius 2 is 1.71 bits per heavy atom. The summed E-state index contributed by atoms with van der Waals surface area (Å²) in [4.78, 5) is 49.6. The van der Waals surface area contributed by atoms with Gasteiger partial charge in [-0.15, -0.1) is 0 Å². The van der Waals surface area contributed by atoms with Crippen LogP contribution >= 0.6 is 0 Å². The lowest BCUT2D eigenvalue weighted by atomic mass is 9.53. The van der Waals surface area contributed by atoms with Crippen LogP contribution in [0, 0.1) is 17.8 Å². The molecule has 0 aromatic rings. The molecule has 0 aromatic carbocycles. The summed E-state index contributed by atoms with van der Waals surface area (Å²) in [5.41, 5.74) is -1.13. The van der Waals surface area contributed by atoms with E-state index < -0.39 is 30.0 Å². The zero-order valence-corrected chi connectivity index (χ0v) is 16.6. The minimum Gasteiger partial charge on any atom is -0.454 e. The fourth-order valence-corrected chi connectivity index (χ4v) is 6.05. The van der Waals surface area contributed by atoms with E-state index in [2.05, 4.69) is 10.6 Å². The molecule has 5 rings (SSSR count). The van der Waals surface area contributed by atoms with Gasteiger partial charge in [0.25, 0.3) is 11.8 Å². The number of nitrogens with zero attached hydrogens (tertiary/aromatic N) is 1. The average Bonchev–Trinajstić information content (AvgIpc) is 2.82. The van der Waals surface area contributed by atoms with Gasteiger partial charge in [-0.1, -0.05) is 6.92 Å². The third kappa shape index (κ3) is 3.37. The smallest absolute Gasteiger partial charge is 0.326 e. The molecular formula is C20H29N3O5. The van der Waals surface area contributed by atoms with Gasteiger partial charge in [0.05, 0.1) is 0 Å². The van der Waals surface area contributed by atoms with Gasteiger partial charge in [-0.25, -0.2) is 4.79 Å². The third-order valence-corrected chi connectivity index (χ3v) is 7.15. The van der Waals surface area contributed by atoms with Crippen molar-refractivity contribution in [2.75, 3.05) is 13.2 Å². The van der Waals surface area contributed by atoms with Crippen LogP contribution in [0.25, 0.3) is 0 Å². The Bertz CT molecular complexity index is 685. The maximum atomic E-state index is 12.4. The second-order valence-electron chi connectivity index (χ2n) is 9.41. The van der Waals surface area contributed by atoms with Crippen LogP contribution in [-0.2, 0) is 19.1 Å². The van der Waals surface area contributed by atoms with Crippen LogP contribution in [0.3, 0.4) is 0 Å². The van der Waals surface area contributed by atoms with Crippen molar-refractivity contribution < 1.29 is 23.9 Å². The number of imide groups is 1. The maximum absolute atomic E-state index is 12.4. The fourth-order valence-electron chi connectivity index (χ4n) is 6.05. The highest BCUT2D eigenvalue weighted by Crippen LogP contribution is 2.55. The topological polar surface area (TPSA) is 105 Å². The number of ether oxygens (including phenoxy) is 1. The zero-order valence-electron chi connectivity index (χ0n) is 16.6. The molecule has 5 aliphatic rings. The molecule has 28 heavy (non-hydrogen) atoms. The molecule has 1 saturated heterocycles. The Labute approximate surface area is 164 Å². The first-order valence-corrected chi connectivity index (χ1v) is 10.3. The maximum Gasteiger partial charge on any atom is 0.326 e. The van der Waals surface area contributed by atoms with Crippen molar-refractivity contribution in [2.45, 2.75) is 69.9 Å². The molecule has 1 heterocycles. The van der Waals surface area contributed by atoms with E-state index in [1.54, 1.807) is 13.8 Å². The molecule has 8 nitrogen and oxygen atoms in total. The van der Waals surface area contributed by atoms with Gasteiger partial charge in [0.2, 0.25) is 0 Å². The molecule has 4 amide bonds. The van der Waals surface area contributed by atoms with Gasteiger partial charge in [0, 0.05) is 5.54 Å². The quantitative estimate of drug-likeness (QED) is 0.525. The minimum atomic E-state index is -0.993. The summed E-state index contributed by atoms with van der Waals surface area (Å²) in [7, 11) is 0. The number of rotatable bonds is 6. The van der Waals surface area contributed by atoms with Crippen molar-refractivity contribution in [2.24, 2.45) is 17.8 Å². The van der Waals surface area contributed by atoms with Crippen molar-refractivity contribution in [3.63, 3.8) is 0 Å². The van der Waals surface area contributed by atoms with Crippen LogP contribution in [-0.4, -0.2) is 52.9 Å². The Morgan fingerprint density at radius 3 is 2.21 bits per heavy atom. The Morgan fingerprint density at radius 1 is 1.14 bits per heavy atom. The predicted octanol–water partition coefficient (Wildman–Crippen LogP) is 1.34. The zero-order chi connectivity index (χ0) is 20.1. The van der Waals surface area contributed by atoms with E-state index in [1.165, 1.54) is 19.3 Å². The molecule has 1 aliphatic heterocycles.